The van der Waals surface area contributed by atoms with E-state index in [2.05, 4.69) is 17.1 Å². The summed E-state index contributed by atoms with van der Waals surface area (Å²) in [5.74, 6) is 0.811. The quantitative estimate of drug-likeness (QED) is 0.720. The highest BCUT2D eigenvalue weighted by molar-refractivity contribution is 7.18. The van der Waals surface area contributed by atoms with Crippen molar-refractivity contribution in [3.05, 3.63) is 53.2 Å². The van der Waals surface area contributed by atoms with Crippen molar-refractivity contribution in [2.45, 2.75) is 18.8 Å². The number of para-hydroxylation sites is 1. The van der Waals surface area contributed by atoms with E-state index in [0.717, 1.165) is 31.4 Å². The molecule has 0 radical (unpaired) electrons. The van der Waals surface area contributed by atoms with Gasteiger partial charge >= 0.3 is 0 Å². The number of fused-ring (bicyclic) bond motifs is 1. The molecular weight excluding hydrogens is 334 g/mol. The van der Waals surface area contributed by atoms with Gasteiger partial charge in [0.05, 0.1) is 22.3 Å². The highest BCUT2D eigenvalue weighted by Gasteiger charge is 2.28. The van der Waals surface area contributed by atoms with Crippen LogP contribution in [-0.2, 0) is 0 Å². The van der Waals surface area contributed by atoms with Crippen molar-refractivity contribution in [1.82, 2.24) is 14.9 Å². The van der Waals surface area contributed by atoms with Crippen molar-refractivity contribution < 1.29 is 9.53 Å². The molecule has 25 heavy (non-hydrogen) atoms. The molecule has 0 N–H and O–H groups in total. The Balaban J connectivity index is 1.46. The summed E-state index contributed by atoms with van der Waals surface area (Å²) in [7, 11) is 1.54. The number of aromatic nitrogens is 2. The van der Waals surface area contributed by atoms with Gasteiger partial charge in [-0.2, -0.15) is 0 Å². The second-order valence-corrected chi connectivity index (χ2v) is 7.21. The number of piperidine rings is 1. The van der Waals surface area contributed by atoms with E-state index in [1.165, 1.54) is 9.71 Å². The van der Waals surface area contributed by atoms with E-state index in [1.54, 1.807) is 36.8 Å². The van der Waals surface area contributed by atoms with Crippen molar-refractivity contribution in [2.24, 2.45) is 0 Å². The highest BCUT2D eigenvalue weighted by atomic mass is 32.1. The highest BCUT2D eigenvalue weighted by Crippen LogP contribution is 2.34. The van der Waals surface area contributed by atoms with Crippen LogP contribution in [0.5, 0.6) is 5.88 Å². The Morgan fingerprint density at radius 3 is 2.76 bits per heavy atom. The van der Waals surface area contributed by atoms with Crippen LogP contribution in [0.15, 0.2) is 42.6 Å². The Kier molecular flexibility index (Phi) is 4.36. The molecule has 2 aromatic heterocycles. The third-order valence-electron chi connectivity index (χ3n) is 4.64. The Bertz CT molecular complexity index is 867. The van der Waals surface area contributed by atoms with Crippen molar-refractivity contribution in [2.75, 3.05) is 20.2 Å². The van der Waals surface area contributed by atoms with Gasteiger partial charge in [0.1, 0.15) is 5.56 Å². The molecule has 3 aromatic rings. The Hall–Kier alpha value is -2.47. The van der Waals surface area contributed by atoms with E-state index >= 15 is 0 Å². The Morgan fingerprint density at radius 2 is 2.00 bits per heavy atom. The van der Waals surface area contributed by atoms with Gasteiger partial charge in [-0.05, 0) is 37.1 Å². The lowest BCUT2D eigenvalue weighted by atomic mass is 9.97. The van der Waals surface area contributed by atoms with Crippen molar-refractivity contribution in [3.8, 4) is 5.88 Å². The van der Waals surface area contributed by atoms with Crippen molar-refractivity contribution in [3.63, 3.8) is 0 Å². The summed E-state index contributed by atoms with van der Waals surface area (Å²) in [6, 6.07) is 11.8. The van der Waals surface area contributed by atoms with Crippen molar-refractivity contribution in [1.29, 1.82) is 0 Å². The van der Waals surface area contributed by atoms with Crippen LogP contribution in [0, 0.1) is 0 Å². The lowest BCUT2D eigenvalue weighted by Crippen LogP contribution is -2.38. The molecule has 1 aromatic carbocycles. The monoisotopic (exact) mass is 353 g/mol. The number of pyridine rings is 1. The molecule has 6 heteroatoms. The summed E-state index contributed by atoms with van der Waals surface area (Å²) in [5.41, 5.74) is 1.60. The van der Waals surface area contributed by atoms with Gasteiger partial charge in [-0.25, -0.2) is 9.97 Å². The molecule has 0 atom stereocenters. The normalized spacial score (nSPS) is 15.5. The molecule has 3 heterocycles. The van der Waals surface area contributed by atoms with Gasteiger partial charge in [0.2, 0.25) is 5.88 Å². The van der Waals surface area contributed by atoms with Gasteiger partial charge in [0, 0.05) is 25.2 Å². The van der Waals surface area contributed by atoms with E-state index < -0.39 is 0 Å². The first kappa shape index (κ1) is 16.0. The molecule has 1 saturated heterocycles. The number of rotatable bonds is 3. The van der Waals surface area contributed by atoms with Gasteiger partial charge < -0.3 is 9.64 Å². The van der Waals surface area contributed by atoms with Crippen molar-refractivity contribution >= 4 is 27.5 Å². The lowest BCUT2D eigenvalue weighted by Gasteiger charge is -2.31. The number of nitrogens with zero attached hydrogens (tertiary/aromatic N) is 3. The van der Waals surface area contributed by atoms with Crippen LogP contribution in [0.25, 0.3) is 10.2 Å². The van der Waals surface area contributed by atoms with Gasteiger partial charge in [-0.1, -0.05) is 12.1 Å². The number of thiazole rings is 1. The van der Waals surface area contributed by atoms with E-state index in [1.807, 2.05) is 17.0 Å². The number of likely N-dealkylation sites (tertiary alicyclic amines) is 1. The zero-order valence-corrected chi connectivity index (χ0v) is 14.8. The fourth-order valence-corrected chi connectivity index (χ4v) is 4.42. The molecular formula is C19H19N3O2S. The minimum absolute atomic E-state index is 0.00676. The minimum atomic E-state index is -0.00676. The summed E-state index contributed by atoms with van der Waals surface area (Å²) < 4.78 is 6.45. The number of hydrogen-bond acceptors (Lipinski definition) is 5. The van der Waals surface area contributed by atoms with E-state index in [-0.39, 0.29) is 5.91 Å². The third-order valence-corrected chi connectivity index (χ3v) is 5.84. The molecule has 1 aliphatic heterocycles. The largest absolute Gasteiger partial charge is 0.480 e. The SMILES string of the molecule is COc1ncccc1C(=O)N1CCC(c2nc3ccccc3s2)CC1. The zero-order chi connectivity index (χ0) is 17.2. The third kappa shape index (κ3) is 3.09. The summed E-state index contributed by atoms with van der Waals surface area (Å²) in [6.07, 6.45) is 3.51. The number of carbonyl (C=O) groups is 1. The molecule has 0 aliphatic carbocycles. The molecule has 0 bridgehead atoms. The molecule has 1 fully saturated rings. The summed E-state index contributed by atoms with van der Waals surface area (Å²) in [4.78, 5) is 23.5. The fraction of sp³-hybridized carbons (Fsp3) is 0.316. The van der Waals surface area contributed by atoms with Gasteiger partial charge in [0.15, 0.2) is 0 Å². The lowest BCUT2D eigenvalue weighted by molar-refractivity contribution is 0.0708. The average Bonchev–Trinajstić information content (AvgIpc) is 3.12. The van der Waals surface area contributed by atoms with E-state index in [4.69, 9.17) is 9.72 Å². The molecule has 0 saturated carbocycles. The standard InChI is InChI=1S/C19H19N3O2S/c1-24-17-14(5-4-10-20-17)19(23)22-11-8-13(9-12-22)18-21-15-6-2-3-7-16(15)25-18/h2-7,10,13H,8-9,11-12H2,1H3. The summed E-state index contributed by atoms with van der Waals surface area (Å²) in [5, 5.41) is 1.19. The second-order valence-electron chi connectivity index (χ2n) is 6.15. The fourth-order valence-electron chi connectivity index (χ4n) is 3.28. The predicted molar refractivity (Wildman–Crippen MR) is 98.3 cm³/mol. The molecule has 0 spiro atoms. The maximum absolute atomic E-state index is 12.8. The first-order valence-corrected chi connectivity index (χ1v) is 9.21. The second kappa shape index (κ2) is 6.80. The first-order chi connectivity index (χ1) is 12.3. The van der Waals surface area contributed by atoms with Crippen LogP contribution in [0.4, 0.5) is 0 Å². The van der Waals surface area contributed by atoms with Crippen LogP contribution in [0.2, 0.25) is 0 Å². The molecule has 4 rings (SSSR count). The van der Waals surface area contributed by atoms with Crippen LogP contribution in [-0.4, -0.2) is 41.0 Å². The molecule has 0 unspecified atom stereocenters. The minimum Gasteiger partial charge on any atom is -0.480 e. The maximum atomic E-state index is 12.8. The molecule has 128 valence electrons. The number of ether oxygens (including phenoxy) is 1. The van der Waals surface area contributed by atoms with Crippen LogP contribution >= 0.6 is 11.3 Å². The molecule has 5 nitrogen and oxygen atoms in total. The van der Waals surface area contributed by atoms with E-state index in [0.29, 0.717) is 17.4 Å². The Morgan fingerprint density at radius 1 is 1.20 bits per heavy atom. The maximum Gasteiger partial charge on any atom is 0.259 e. The smallest absolute Gasteiger partial charge is 0.259 e. The number of benzene rings is 1. The first-order valence-electron chi connectivity index (χ1n) is 8.40. The van der Waals surface area contributed by atoms with Gasteiger partial charge in [0.25, 0.3) is 5.91 Å². The predicted octanol–water partition coefficient (Wildman–Crippen LogP) is 3.72. The number of amides is 1. The topological polar surface area (TPSA) is 55.3 Å². The van der Waals surface area contributed by atoms with Crippen LogP contribution in [0.3, 0.4) is 0 Å². The van der Waals surface area contributed by atoms with Crippen LogP contribution in [0.1, 0.15) is 34.1 Å². The number of hydrogen-bond donors (Lipinski definition) is 0. The summed E-state index contributed by atoms with van der Waals surface area (Å²) >= 11 is 1.77. The zero-order valence-electron chi connectivity index (χ0n) is 14.0. The number of carbonyl (C=O) groups excluding carboxylic acids is 1. The average molecular weight is 353 g/mol. The van der Waals surface area contributed by atoms with Crippen LogP contribution < -0.4 is 4.74 Å². The summed E-state index contributed by atoms with van der Waals surface area (Å²) in [6.45, 7) is 1.47. The van der Waals surface area contributed by atoms with E-state index in [9.17, 15) is 4.79 Å². The van der Waals surface area contributed by atoms with Gasteiger partial charge in [-0.15, -0.1) is 11.3 Å². The molecule has 1 aliphatic rings. The molecule has 1 amide bonds. The Labute approximate surface area is 150 Å². The number of methoxy groups -OCH3 is 1. The van der Waals surface area contributed by atoms with Gasteiger partial charge in [-0.3, -0.25) is 4.79 Å².